The van der Waals surface area contributed by atoms with Crippen molar-refractivity contribution in [2.24, 2.45) is 0 Å². The van der Waals surface area contributed by atoms with E-state index in [2.05, 4.69) is 31.9 Å². The SMILES string of the molecule is CC(Sc1cccc(NC(=O)/C(=C\c2cccc(Br)c2)NC(=O)c2ccccc2)c1)C(=O)Nc1ccc(F)cc1. The van der Waals surface area contributed by atoms with Gasteiger partial charge in [0, 0.05) is 26.3 Å². The van der Waals surface area contributed by atoms with Crippen LogP contribution in [0.25, 0.3) is 6.08 Å². The number of thioether (sulfide) groups is 1. The van der Waals surface area contributed by atoms with Gasteiger partial charge in [-0.3, -0.25) is 14.4 Å². The fraction of sp³-hybridized carbons (Fsp3) is 0.0645. The number of amides is 3. The van der Waals surface area contributed by atoms with E-state index in [9.17, 15) is 18.8 Å². The van der Waals surface area contributed by atoms with Gasteiger partial charge in [-0.2, -0.15) is 0 Å². The van der Waals surface area contributed by atoms with Gasteiger partial charge in [0.2, 0.25) is 5.91 Å². The first-order valence-electron chi connectivity index (χ1n) is 12.2. The maximum absolute atomic E-state index is 13.3. The Hall–Kier alpha value is -4.21. The van der Waals surface area contributed by atoms with Gasteiger partial charge < -0.3 is 16.0 Å². The van der Waals surface area contributed by atoms with Gasteiger partial charge >= 0.3 is 0 Å². The van der Waals surface area contributed by atoms with Crippen LogP contribution < -0.4 is 16.0 Å². The highest BCUT2D eigenvalue weighted by Gasteiger charge is 2.17. The largest absolute Gasteiger partial charge is 0.325 e. The Bertz CT molecular complexity index is 1550. The number of carbonyl (C=O) groups is 3. The maximum atomic E-state index is 13.3. The molecule has 4 aromatic carbocycles. The first kappa shape index (κ1) is 28.8. The van der Waals surface area contributed by atoms with Crippen LogP contribution in [-0.4, -0.2) is 23.0 Å². The van der Waals surface area contributed by atoms with E-state index in [4.69, 9.17) is 0 Å². The summed E-state index contributed by atoms with van der Waals surface area (Å²) in [7, 11) is 0. The molecule has 3 N–H and O–H groups in total. The van der Waals surface area contributed by atoms with Crippen LogP contribution in [0.5, 0.6) is 0 Å². The molecule has 6 nitrogen and oxygen atoms in total. The summed E-state index contributed by atoms with van der Waals surface area (Å²) in [6, 6.07) is 28.6. The van der Waals surface area contributed by atoms with Crippen molar-refractivity contribution in [3.05, 3.63) is 130 Å². The minimum absolute atomic E-state index is 0.0667. The molecule has 0 saturated carbocycles. The molecule has 0 aliphatic carbocycles. The van der Waals surface area contributed by atoms with Gasteiger partial charge in [-0.05, 0) is 85.3 Å². The topological polar surface area (TPSA) is 87.3 Å². The van der Waals surface area contributed by atoms with Crippen molar-refractivity contribution in [3.63, 3.8) is 0 Å². The zero-order valence-corrected chi connectivity index (χ0v) is 23.8. The van der Waals surface area contributed by atoms with Gasteiger partial charge in [0.1, 0.15) is 11.5 Å². The summed E-state index contributed by atoms with van der Waals surface area (Å²) in [6.45, 7) is 1.76. The fourth-order valence-electron chi connectivity index (χ4n) is 3.59. The number of carbonyl (C=O) groups excluding carboxylic acids is 3. The van der Waals surface area contributed by atoms with Crippen LogP contribution in [0.2, 0.25) is 0 Å². The number of nitrogens with one attached hydrogen (secondary N) is 3. The Kier molecular flexibility index (Phi) is 9.88. The van der Waals surface area contributed by atoms with Crippen molar-refractivity contribution >= 4 is 62.9 Å². The molecule has 0 fully saturated rings. The minimum atomic E-state index is -0.506. The molecule has 0 heterocycles. The molecule has 0 radical (unpaired) electrons. The van der Waals surface area contributed by atoms with E-state index in [1.807, 2.05) is 30.3 Å². The van der Waals surface area contributed by atoms with Gasteiger partial charge in [0.15, 0.2) is 0 Å². The maximum Gasteiger partial charge on any atom is 0.272 e. The van der Waals surface area contributed by atoms with Crippen molar-refractivity contribution in [1.82, 2.24) is 5.32 Å². The van der Waals surface area contributed by atoms with E-state index in [0.717, 1.165) is 14.9 Å². The summed E-state index contributed by atoms with van der Waals surface area (Å²) < 4.78 is 14.0. The predicted molar refractivity (Wildman–Crippen MR) is 161 cm³/mol. The van der Waals surface area contributed by atoms with Crippen LogP contribution in [0, 0.1) is 5.82 Å². The smallest absolute Gasteiger partial charge is 0.272 e. The molecule has 0 aliphatic rings. The van der Waals surface area contributed by atoms with Crippen LogP contribution in [0.15, 0.2) is 118 Å². The number of halogens is 2. The molecule has 4 aromatic rings. The van der Waals surface area contributed by atoms with Crippen LogP contribution in [-0.2, 0) is 9.59 Å². The van der Waals surface area contributed by atoms with E-state index in [1.54, 1.807) is 61.5 Å². The first-order valence-corrected chi connectivity index (χ1v) is 13.9. The van der Waals surface area contributed by atoms with Crippen LogP contribution >= 0.6 is 27.7 Å². The highest BCUT2D eigenvalue weighted by atomic mass is 79.9. The quantitative estimate of drug-likeness (QED) is 0.138. The number of anilines is 2. The van der Waals surface area contributed by atoms with Gasteiger partial charge in [0.25, 0.3) is 11.8 Å². The second-order valence-electron chi connectivity index (χ2n) is 8.67. The molecule has 40 heavy (non-hydrogen) atoms. The van der Waals surface area contributed by atoms with Gasteiger partial charge in [-0.15, -0.1) is 11.8 Å². The molecule has 0 aromatic heterocycles. The Morgan fingerprint density at radius 1 is 0.825 bits per heavy atom. The second-order valence-corrected chi connectivity index (χ2v) is 11.0. The van der Waals surface area contributed by atoms with Crippen molar-refractivity contribution < 1.29 is 18.8 Å². The molecular formula is C31H25BrFN3O3S. The zero-order chi connectivity index (χ0) is 28.5. The molecular weight excluding hydrogens is 593 g/mol. The average molecular weight is 619 g/mol. The minimum Gasteiger partial charge on any atom is -0.325 e. The Morgan fingerprint density at radius 2 is 1.55 bits per heavy atom. The van der Waals surface area contributed by atoms with Crippen LogP contribution in [0.3, 0.4) is 0 Å². The van der Waals surface area contributed by atoms with Crippen molar-refractivity contribution in [1.29, 1.82) is 0 Å². The van der Waals surface area contributed by atoms with Gasteiger partial charge in [-0.25, -0.2) is 4.39 Å². The lowest BCUT2D eigenvalue weighted by Gasteiger charge is -2.14. The first-order chi connectivity index (χ1) is 19.3. The Labute approximate surface area is 244 Å². The van der Waals surface area contributed by atoms with Gasteiger partial charge in [-0.1, -0.05) is 52.3 Å². The molecule has 1 atom stereocenters. The summed E-state index contributed by atoms with van der Waals surface area (Å²) >= 11 is 4.74. The molecule has 0 saturated heterocycles. The van der Waals surface area contributed by atoms with Crippen molar-refractivity contribution in [2.45, 2.75) is 17.1 Å². The molecule has 3 amide bonds. The number of hydrogen-bond donors (Lipinski definition) is 3. The fourth-order valence-corrected chi connectivity index (χ4v) is 4.93. The highest BCUT2D eigenvalue weighted by Crippen LogP contribution is 2.27. The molecule has 0 aliphatic heterocycles. The van der Waals surface area contributed by atoms with E-state index >= 15 is 0 Å². The molecule has 0 spiro atoms. The van der Waals surface area contributed by atoms with Crippen LogP contribution in [0.1, 0.15) is 22.8 Å². The highest BCUT2D eigenvalue weighted by molar-refractivity contribution is 9.10. The standard InChI is InChI=1S/C31H25BrFN3O3S/c1-20(29(37)34-25-15-13-24(33)14-16-25)40-27-12-6-11-26(19-27)35-31(39)28(18-21-7-5-10-23(32)17-21)36-30(38)22-8-3-2-4-9-22/h2-20H,1H3,(H,34,37)(H,35,39)(H,36,38)/b28-18+. The molecule has 4 rings (SSSR count). The Balaban J connectivity index is 1.47. The average Bonchev–Trinajstić information content (AvgIpc) is 2.94. The number of hydrogen-bond acceptors (Lipinski definition) is 4. The molecule has 202 valence electrons. The third-order valence-corrected chi connectivity index (χ3v) is 7.16. The van der Waals surface area contributed by atoms with Crippen molar-refractivity contribution in [2.75, 3.05) is 10.6 Å². The normalized spacial score (nSPS) is 11.8. The third-order valence-electron chi connectivity index (χ3n) is 5.57. The van der Waals surface area contributed by atoms with E-state index in [-0.39, 0.29) is 17.4 Å². The van der Waals surface area contributed by atoms with E-state index < -0.39 is 17.1 Å². The predicted octanol–water partition coefficient (Wildman–Crippen LogP) is 7.12. The summed E-state index contributed by atoms with van der Waals surface area (Å²) in [5.74, 6) is -1.54. The molecule has 1 unspecified atom stereocenters. The summed E-state index contributed by atoms with van der Waals surface area (Å²) in [4.78, 5) is 39.6. The second kappa shape index (κ2) is 13.7. The van der Waals surface area contributed by atoms with Gasteiger partial charge in [0.05, 0.1) is 5.25 Å². The summed E-state index contributed by atoms with van der Waals surface area (Å²) in [5, 5.41) is 7.86. The Morgan fingerprint density at radius 3 is 2.27 bits per heavy atom. The summed E-state index contributed by atoms with van der Waals surface area (Å²) in [5.41, 5.74) is 2.20. The van der Waals surface area contributed by atoms with Crippen LogP contribution in [0.4, 0.5) is 15.8 Å². The summed E-state index contributed by atoms with van der Waals surface area (Å²) in [6.07, 6.45) is 1.60. The monoisotopic (exact) mass is 617 g/mol. The lowest BCUT2D eigenvalue weighted by Crippen LogP contribution is -2.30. The lowest BCUT2D eigenvalue weighted by atomic mass is 10.1. The van der Waals surface area contributed by atoms with E-state index in [1.165, 1.54) is 36.0 Å². The molecule has 9 heteroatoms. The van der Waals surface area contributed by atoms with Crippen molar-refractivity contribution in [3.8, 4) is 0 Å². The number of benzene rings is 4. The lowest BCUT2D eigenvalue weighted by molar-refractivity contribution is -0.115. The molecule has 0 bridgehead atoms. The van der Waals surface area contributed by atoms with E-state index in [0.29, 0.717) is 16.9 Å². The number of rotatable bonds is 9. The third kappa shape index (κ3) is 8.39. The zero-order valence-electron chi connectivity index (χ0n) is 21.4.